The number of hydrogen-bond donors (Lipinski definition) is 2. The van der Waals surface area contributed by atoms with Gasteiger partial charge in [0.25, 0.3) is 6.43 Å². The highest BCUT2D eigenvalue weighted by molar-refractivity contribution is 5.72. The van der Waals surface area contributed by atoms with Gasteiger partial charge in [0.1, 0.15) is 0 Å². The molecule has 5 nitrogen and oxygen atoms in total. The molecule has 0 saturated heterocycles. The van der Waals surface area contributed by atoms with E-state index in [4.69, 9.17) is 5.73 Å². The lowest BCUT2D eigenvalue weighted by molar-refractivity contribution is -0.142. The summed E-state index contributed by atoms with van der Waals surface area (Å²) in [5, 5.41) is 0. The Hall–Kier alpha value is -1.76. The average molecular weight is 260 g/mol. The topological polar surface area (TPSA) is 85.2 Å². The lowest BCUT2D eigenvalue weighted by Crippen LogP contribution is -2.20. The van der Waals surface area contributed by atoms with Crippen molar-refractivity contribution in [2.24, 2.45) is 5.73 Å². The Morgan fingerprint density at radius 2 is 2.22 bits per heavy atom. The van der Waals surface area contributed by atoms with E-state index in [2.05, 4.69) is 9.72 Å². The molecule has 1 aromatic heterocycles. The molecular formula is C11H14F2N2O3. The number of hydrogen-bond acceptors (Lipinski definition) is 4. The van der Waals surface area contributed by atoms with Gasteiger partial charge in [-0.15, -0.1) is 0 Å². The zero-order valence-corrected chi connectivity index (χ0v) is 9.83. The second-order valence-corrected chi connectivity index (χ2v) is 3.54. The van der Waals surface area contributed by atoms with Gasteiger partial charge < -0.3 is 15.5 Å². The van der Waals surface area contributed by atoms with Gasteiger partial charge in [0.05, 0.1) is 13.0 Å². The second-order valence-electron chi connectivity index (χ2n) is 3.54. The third-order valence-corrected chi connectivity index (χ3v) is 2.32. The molecule has 1 heterocycles. The molecule has 0 atom stereocenters. The Bertz CT molecular complexity index is 486. The molecule has 0 aliphatic heterocycles. The predicted octanol–water partition coefficient (Wildman–Crippen LogP) is 0.877. The number of carbonyl (C=O) groups excluding carboxylic acids is 1. The molecule has 0 saturated carbocycles. The summed E-state index contributed by atoms with van der Waals surface area (Å²) < 4.78 is 30.5. The Kier molecular flexibility index (Phi) is 4.96. The molecule has 18 heavy (non-hydrogen) atoms. The number of H-pyrrole nitrogens is 1. The normalized spacial score (nSPS) is 10.7. The molecule has 0 bridgehead atoms. The highest BCUT2D eigenvalue weighted by atomic mass is 19.3. The first-order valence-electron chi connectivity index (χ1n) is 5.38. The van der Waals surface area contributed by atoms with Crippen molar-refractivity contribution in [3.8, 4) is 0 Å². The molecule has 7 heteroatoms. The molecule has 0 aromatic carbocycles. The summed E-state index contributed by atoms with van der Waals surface area (Å²) in [6.45, 7) is 1.55. The first kappa shape index (κ1) is 14.3. The fourth-order valence-electron chi connectivity index (χ4n) is 1.62. The Labute approximate surface area is 102 Å². The average Bonchev–Trinajstić information content (AvgIpc) is 2.27. The van der Waals surface area contributed by atoms with E-state index in [1.54, 1.807) is 6.92 Å². The third kappa shape index (κ3) is 3.36. The first-order chi connectivity index (χ1) is 8.49. The van der Waals surface area contributed by atoms with Crippen LogP contribution < -0.4 is 11.3 Å². The number of nitrogens with one attached hydrogen (secondary N) is 1. The lowest BCUT2D eigenvalue weighted by Gasteiger charge is -2.12. The summed E-state index contributed by atoms with van der Waals surface area (Å²) in [6, 6.07) is 1.01. The van der Waals surface area contributed by atoms with E-state index >= 15 is 0 Å². The quantitative estimate of drug-likeness (QED) is 0.769. The summed E-state index contributed by atoms with van der Waals surface area (Å²) >= 11 is 0. The first-order valence-corrected chi connectivity index (χ1v) is 5.38. The Morgan fingerprint density at radius 3 is 2.72 bits per heavy atom. The van der Waals surface area contributed by atoms with Crippen LogP contribution >= 0.6 is 0 Å². The van der Waals surface area contributed by atoms with Gasteiger partial charge in [-0.1, -0.05) is 0 Å². The number of halogens is 2. The predicted molar refractivity (Wildman–Crippen MR) is 60.2 cm³/mol. The van der Waals surface area contributed by atoms with Crippen molar-refractivity contribution in [2.75, 3.05) is 6.61 Å². The molecule has 0 spiro atoms. The number of aromatic nitrogens is 1. The van der Waals surface area contributed by atoms with Crippen LogP contribution in [0.4, 0.5) is 8.78 Å². The van der Waals surface area contributed by atoms with Crippen molar-refractivity contribution in [3.05, 3.63) is 33.2 Å². The van der Waals surface area contributed by atoms with Crippen LogP contribution in [-0.2, 0) is 22.5 Å². The third-order valence-electron chi connectivity index (χ3n) is 2.32. The fraction of sp³-hybridized carbons (Fsp3) is 0.455. The van der Waals surface area contributed by atoms with Gasteiger partial charge in [-0.05, 0) is 12.5 Å². The summed E-state index contributed by atoms with van der Waals surface area (Å²) in [5.41, 5.74) is 4.24. The molecule has 0 unspecified atom stereocenters. The number of nitrogens with two attached hydrogens (primary N) is 1. The maximum absolute atomic E-state index is 12.9. The number of esters is 1. The molecule has 3 N–H and O–H groups in total. The maximum Gasteiger partial charge on any atom is 0.311 e. The van der Waals surface area contributed by atoms with Crippen LogP contribution in [0, 0.1) is 0 Å². The van der Waals surface area contributed by atoms with Crippen molar-refractivity contribution in [2.45, 2.75) is 26.3 Å². The number of pyridine rings is 1. The monoisotopic (exact) mass is 260 g/mol. The van der Waals surface area contributed by atoms with Crippen LogP contribution in [0.25, 0.3) is 0 Å². The molecule has 0 radical (unpaired) electrons. The van der Waals surface area contributed by atoms with Crippen molar-refractivity contribution < 1.29 is 18.3 Å². The van der Waals surface area contributed by atoms with Crippen molar-refractivity contribution in [1.82, 2.24) is 4.98 Å². The van der Waals surface area contributed by atoms with Crippen LogP contribution in [0.1, 0.15) is 30.2 Å². The number of ether oxygens (including phenoxy) is 1. The number of aromatic amines is 1. The zero-order valence-electron chi connectivity index (χ0n) is 9.83. The zero-order chi connectivity index (χ0) is 13.7. The molecule has 0 aliphatic carbocycles. The van der Waals surface area contributed by atoms with Gasteiger partial charge in [-0.25, -0.2) is 8.78 Å². The van der Waals surface area contributed by atoms with E-state index in [9.17, 15) is 18.4 Å². The SMILES string of the molecule is CCOC(=O)Cc1[nH]c(=O)cc(CN)c1C(F)F. The van der Waals surface area contributed by atoms with Crippen LogP contribution in [0.15, 0.2) is 10.9 Å². The molecule has 100 valence electrons. The van der Waals surface area contributed by atoms with Crippen molar-refractivity contribution in [1.29, 1.82) is 0 Å². The Morgan fingerprint density at radius 1 is 1.56 bits per heavy atom. The van der Waals surface area contributed by atoms with Crippen molar-refractivity contribution >= 4 is 5.97 Å². The van der Waals surface area contributed by atoms with E-state index in [0.717, 1.165) is 6.07 Å². The summed E-state index contributed by atoms with van der Waals surface area (Å²) in [6.07, 6.45) is -3.22. The minimum absolute atomic E-state index is 0.0352. The molecule has 0 amide bonds. The maximum atomic E-state index is 12.9. The second kappa shape index (κ2) is 6.25. The van der Waals surface area contributed by atoms with Crippen LogP contribution in [-0.4, -0.2) is 17.6 Å². The highest BCUT2D eigenvalue weighted by Crippen LogP contribution is 2.25. The minimum Gasteiger partial charge on any atom is -0.466 e. The molecule has 1 rings (SSSR count). The van der Waals surface area contributed by atoms with E-state index < -0.39 is 29.9 Å². The van der Waals surface area contributed by atoms with Crippen LogP contribution in [0.3, 0.4) is 0 Å². The molecule has 0 fully saturated rings. The smallest absolute Gasteiger partial charge is 0.311 e. The van der Waals surface area contributed by atoms with Gasteiger partial charge in [0.15, 0.2) is 0 Å². The fourth-order valence-corrected chi connectivity index (χ4v) is 1.62. The van der Waals surface area contributed by atoms with Crippen molar-refractivity contribution in [3.63, 3.8) is 0 Å². The lowest BCUT2D eigenvalue weighted by atomic mass is 10.0. The number of rotatable bonds is 5. The minimum atomic E-state index is -2.81. The van der Waals surface area contributed by atoms with E-state index in [0.29, 0.717) is 0 Å². The van der Waals surface area contributed by atoms with Gasteiger partial charge in [0.2, 0.25) is 5.56 Å². The number of carbonyl (C=O) groups is 1. The summed E-state index contributed by atoms with van der Waals surface area (Å²) in [5.74, 6) is -0.677. The largest absolute Gasteiger partial charge is 0.466 e. The van der Waals surface area contributed by atoms with Gasteiger partial charge in [0, 0.05) is 23.9 Å². The molecular weight excluding hydrogens is 246 g/mol. The molecule has 0 aliphatic rings. The summed E-state index contributed by atoms with van der Waals surface area (Å²) in [4.78, 5) is 24.8. The van der Waals surface area contributed by atoms with E-state index in [1.165, 1.54) is 0 Å². The van der Waals surface area contributed by atoms with Gasteiger partial charge in [-0.3, -0.25) is 9.59 Å². The summed E-state index contributed by atoms with van der Waals surface area (Å²) in [7, 11) is 0. The highest BCUT2D eigenvalue weighted by Gasteiger charge is 2.20. The van der Waals surface area contributed by atoms with Crippen LogP contribution in [0.5, 0.6) is 0 Å². The van der Waals surface area contributed by atoms with E-state index in [-0.39, 0.29) is 24.4 Å². The van der Waals surface area contributed by atoms with Gasteiger partial charge in [-0.2, -0.15) is 0 Å². The standard InChI is InChI=1S/C11H14F2N2O3/c1-2-18-9(17)4-7-10(11(12)13)6(5-14)3-8(16)15-7/h3,11H,2,4-5,14H2,1H3,(H,15,16). The Balaban J connectivity index is 3.19. The van der Waals surface area contributed by atoms with Crippen LogP contribution in [0.2, 0.25) is 0 Å². The van der Waals surface area contributed by atoms with Gasteiger partial charge >= 0.3 is 5.97 Å². The molecule has 1 aromatic rings. The van der Waals surface area contributed by atoms with E-state index in [1.807, 2.05) is 0 Å². The number of alkyl halides is 2.